The van der Waals surface area contributed by atoms with Crippen molar-refractivity contribution in [3.63, 3.8) is 0 Å². The molecular weight excluding hydrogens is 338 g/mol. The van der Waals surface area contributed by atoms with Gasteiger partial charge < -0.3 is 10.3 Å². The Hall–Kier alpha value is -0.980. The van der Waals surface area contributed by atoms with E-state index in [2.05, 4.69) is 37.7 Å². The van der Waals surface area contributed by atoms with Crippen molar-refractivity contribution >= 4 is 27.3 Å². The molecule has 0 spiro atoms. The Morgan fingerprint density at radius 1 is 1.40 bits per heavy atom. The standard InChI is InChI=1S/C14H14BrN3OS/c15-8-5-11(20-7-8)14(2-3-14)13-17-10-1-4-16-6-9(10)12(19)18-13/h5,7,16H,1-4,6H2,(H,17,18,19). The summed E-state index contributed by atoms with van der Waals surface area (Å²) in [4.78, 5) is 21.4. The molecule has 4 nitrogen and oxygen atoms in total. The fourth-order valence-electron chi connectivity index (χ4n) is 2.87. The van der Waals surface area contributed by atoms with Crippen molar-refractivity contribution < 1.29 is 0 Å². The topological polar surface area (TPSA) is 57.8 Å². The Bertz CT molecular complexity index is 732. The molecule has 0 bridgehead atoms. The predicted molar refractivity (Wildman–Crippen MR) is 82.3 cm³/mol. The van der Waals surface area contributed by atoms with Gasteiger partial charge in [-0.1, -0.05) is 0 Å². The van der Waals surface area contributed by atoms with E-state index < -0.39 is 0 Å². The first kappa shape index (κ1) is 12.7. The summed E-state index contributed by atoms with van der Waals surface area (Å²) in [6.45, 7) is 1.54. The minimum absolute atomic E-state index is 0.0269. The van der Waals surface area contributed by atoms with Crippen LogP contribution in [0, 0.1) is 0 Å². The van der Waals surface area contributed by atoms with Gasteiger partial charge in [0.05, 0.1) is 16.7 Å². The summed E-state index contributed by atoms with van der Waals surface area (Å²) in [6.07, 6.45) is 2.98. The van der Waals surface area contributed by atoms with E-state index in [4.69, 9.17) is 4.98 Å². The smallest absolute Gasteiger partial charge is 0.255 e. The summed E-state index contributed by atoms with van der Waals surface area (Å²) in [5.41, 5.74) is 1.77. The lowest BCUT2D eigenvalue weighted by atomic mass is 10.0. The zero-order valence-corrected chi connectivity index (χ0v) is 13.2. The van der Waals surface area contributed by atoms with Crippen molar-refractivity contribution in [2.24, 2.45) is 0 Å². The van der Waals surface area contributed by atoms with Crippen molar-refractivity contribution in [2.75, 3.05) is 6.54 Å². The van der Waals surface area contributed by atoms with E-state index in [-0.39, 0.29) is 11.0 Å². The highest BCUT2D eigenvalue weighted by atomic mass is 79.9. The van der Waals surface area contributed by atoms with Crippen LogP contribution in [-0.2, 0) is 18.4 Å². The van der Waals surface area contributed by atoms with Gasteiger partial charge in [0.25, 0.3) is 5.56 Å². The van der Waals surface area contributed by atoms with Crippen LogP contribution in [0.15, 0.2) is 20.7 Å². The summed E-state index contributed by atoms with van der Waals surface area (Å²) >= 11 is 5.25. The molecule has 2 N–H and O–H groups in total. The number of H-pyrrole nitrogens is 1. The van der Waals surface area contributed by atoms with E-state index in [1.165, 1.54) is 4.88 Å². The molecule has 0 radical (unpaired) electrons. The van der Waals surface area contributed by atoms with Crippen LogP contribution < -0.4 is 10.9 Å². The number of fused-ring (bicyclic) bond motifs is 1. The third kappa shape index (κ3) is 1.89. The predicted octanol–water partition coefficient (Wildman–Crippen LogP) is 2.32. The SMILES string of the molecule is O=c1[nH]c(C2(c3cc(Br)cs3)CC2)nc2c1CNCC2. The largest absolute Gasteiger partial charge is 0.312 e. The monoisotopic (exact) mass is 351 g/mol. The van der Waals surface area contributed by atoms with Crippen LogP contribution in [0.2, 0.25) is 0 Å². The molecule has 2 aromatic heterocycles. The molecule has 1 saturated carbocycles. The zero-order valence-electron chi connectivity index (χ0n) is 10.8. The first-order valence-corrected chi connectivity index (χ1v) is 8.44. The minimum atomic E-state index is -0.0459. The summed E-state index contributed by atoms with van der Waals surface area (Å²) in [5.74, 6) is 0.859. The number of aromatic nitrogens is 2. The maximum absolute atomic E-state index is 12.3. The Morgan fingerprint density at radius 2 is 2.25 bits per heavy atom. The van der Waals surface area contributed by atoms with Crippen LogP contribution in [0.4, 0.5) is 0 Å². The molecule has 1 aliphatic heterocycles. The Kier molecular flexibility index (Phi) is 2.87. The normalized spacial score (nSPS) is 19.6. The number of rotatable bonds is 2. The van der Waals surface area contributed by atoms with Gasteiger partial charge in [-0.05, 0) is 34.8 Å². The van der Waals surface area contributed by atoms with Gasteiger partial charge in [-0.15, -0.1) is 11.3 Å². The molecule has 1 aliphatic carbocycles. The number of hydrogen-bond acceptors (Lipinski definition) is 4. The summed E-state index contributed by atoms with van der Waals surface area (Å²) in [5, 5.41) is 5.32. The highest BCUT2D eigenvalue weighted by molar-refractivity contribution is 9.10. The third-order valence-electron chi connectivity index (χ3n) is 4.18. The number of nitrogens with zero attached hydrogens (tertiary/aromatic N) is 1. The molecule has 4 rings (SSSR count). The van der Waals surface area contributed by atoms with Crippen molar-refractivity contribution in [2.45, 2.75) is 31.2 Å². The Balaban J connectivity index is 1.83. The van der Waals surface area contributed by atoms with Gasteiger partial charge in [-0.3, -0.25) is 4.79 Å². The average Bonchev–Trinajstić information content (AvgIpc) is 3.15. The van der Waals surface area contributed by atoms with E-state index in [0.29, 0.717) is 6.54 Å². The molecule has 3 heterocycles. The summed E-state index contributed by atoms with van der Waals surface area (Å²) in [7, 11) is 0. The molecule has 0 atom stereocenters. The molecule has 2 aliphatic rings. The maximum Gasteiger partial charge on any atom is 0.255 e. The Morgan fingerprint density at radius 3 is 2.95 bits per heavy atom. The number of halogens is 1. The molecule has 6 heteroatoms. The lowest BCUT2D eigenvalue weighted by molar-refractivity contribution is 0.605. The fraction of sp³-hybridized carbons (Fsp3) is 0.429. The van der Waals surface area contributed by atoms with Crippen molar-refractivity contribution in [1.82, 2.24) is 15.3 Å². The molecule has 0 aromatic carbocycles. The lowest BCUT2D eigenvalue weighted by Gasteiger charge is -2.19. The molecule has 104 valence electrons. The van der Waals surface area contributed by atoms with E-state index in [1.54, 1.807) is 11.3 Å². The van der Waals surface area contributed by atoms with Crippen LogP contribution >= 0.6 is 27.3 Å². The van der Waals surface area contributed by atoms with Gasteiger partial charge in [0.15, 0.2) is 0 Å². The minimum Gasteiger partial charge on any atom is -0.312 e. The molecule has 2 aromatic rings. The van der Waals surface area contributed by atoms with Crippen molar-refractivity contribution in [3.05, 3.63) is 48.2 Å². The Labute approximate surface area is 128 Å². The third-order valence-corrected chi connectivity index (χ3v) is 6.08. The first-order valence-electron chi connectivity index (χ1n) is 6.77. The summed E-state index contributed by atoms with van der Waals surface area (Å²) < 4.78 is 1.10. The van der Waals surface area contributed by atoms with E-state index >= 15 is 0 Å². The maximum atomic E-state index is 12.3. The number of nitrogens with one attached hydrogen (secondary N) is 2. The quantitative estimate of drug-likeness (QED) is 0.872. The van der Waals surface area contributed by atoms with Gasteiger partial charge >= 0.3 is 0 Å². The summed E-state index contributed by atoms with van der Waals surface area (Å²) in [6, 6.07) is 2.15. The highest BCUT2D eigenvalue weighted by Gasteiger charge is 2.49. The van der Waals surface area contributed by atoms with Crippen LogP contribution in [0.1, 0.15) is 34.8 Å². The lowest BCUT2D eigenvalue weighted by Crippen LogP contribution is -2.33. The van der Waals surface area contributed by atoms with Gasteiger partial charge in [0.2, 0.25) is 0 Å². The van der Waals surface area contributed by atoms with E-state index in [1.807, 2.05) is 0 Å². The molecule has 20 heavy (non-hydrogen) atoms. The second-order valence-corrected chi connectivity index (χ2v) is 7.30. The number of hydrogen-bond donors (Lipinski definition) is 2. The first-order chi connectivity index (χ1) is 9.69. The van der Waals surface area contributed by atoms with Crippen LogP contribution in [0.5, 0.6) is 0 Å². The second kappa shape index (κ2) is 4.51. The fourth-order valence-corrected chi connectivity index (χ4v) is 4.56. The van der Waals surface area contributed by atoms with Gasteiger partial charge in [0.1, 0.15) is 5.82 Å². The van der Waals surface area contributed by atoms with Gasteiger partial charge in [-0.2, -0.15) is 0 Å². The van der Waals surface area contributed by atoms with Crippen LogP contribution in [0.3, 0.4) is 0 Å². The molecular formula is C14H14BrN3OS. The number of thiophene rings is 1. The van der Waals surface area contributed by atoms with Crippen LogP contribution in [-0.4, -0.2) is 16.5 Å². The van der Waals surface area contributed by atoms with E-state index in [9.17, 15) is 4.79 Å². The molecule has 0 saturated heterocycles. The molecule has 1 fully saturated rings. The average molecular weight is 352 g/mol. The van der Waals surface area contributed by atoms with Crippen molar-refractivity contribution in [3.8, 4) is 0 Å². The second-order valence-electron chi connectivity index (χ2n) is 5.48. The number of aromatic amines is 1. The molecule has 0 unspecified atom stereocenters. The zero-order chi connectivity index (χ0) is 13.7. The van der Waals surface area contributed by atoms with Gasteiger partial charge in [0, 0.05) is 34.2 Å². The van der Waals surface area contributed by atoms with Gasteiger partial charge in [-0.25, -0.2) is 4.98 Å². The van der Waals surface area contributed by atoms with Crippen LogP contribution in [0.25, 0.3) is 0 Å². The molecule has 0 amide bonds. The van der Waals surface area contributed by atoms with Crippen molar-refractivity contribution in [1.29, 1.82) is 0 Å². The van der Waals surface area contributed by atoms with E-state index in [0.717, 1.165) is 47.4 Å². The highest BCUT2D eigenvalue weighted by Crippen LogP contribution is 2.54.